The molecule has 21 heavy (non-hydrogen) atoms. The van der Waals surface area contributed by atoms with E-state index in [-0.39, 0.29) is 16.1 Å². The van der Waals surface area contributed by atoms with Gasteiger partial charge in [-0.3, -0.25) is 4.79 Å². The van der Waals surface area contributed by atoms with Crippen molar-refractivity contribution in [1.29, 1.82) is 0 Å². The van der Waals surface area contributed by atoms with E-state index >= 15 is 0 Å². The predicted molar refractivity (Wildman–Crippen MR) is 77.4 cm³/mol. The van der Waals surface area contributed by atoms with Crippen molar-refractivity contribution in [3.63, 3.8) is 0 Å². The quantitative estimate of drug-likeness (QED) is 0.829. The zero-order valence-electron chi connectivity index (χ0n) is 11.1. The van der Waals surface area contributed by atoms with Gasteiger partial charge in [0.2, 0.25) is 0 Å². The molecule has 1 N–H and O–H groups in total. The van der Waals surface area contributed by atoms with Crippen LogP contribution in [0, 0.1) is 12.7 Å². The third-order valence-electron chi connectivity index (χ3n) is 2.79. The maximum Gasteiger partial charge on any atom is 0.288 e. The molecule has 2 nitrogen and oxygen atoms in total. The molecule has 0 aliphatic rings. The number of amides is 1. The molecule has 0 bridgehead atoms. The Hall–Kier alpha value is -1.95. The lowest BCUT2D eigenvalue weighted by molar-refractivity contribution is 0.102. The van der Waals surface area contributed by atoms with Crippen molar-refractivity contribution >= 4 is 23.4 Å². The normalized spacial score (nSPS) is 10.7. The summed E-state index contributed by atoms with van der Waals surface area (Å²) >= 11 is 0.346. The highest BCUT2D eigenvalue weighted by Gasteiger charge is 2.13. The number of aryl methyl sites for hydroxylation is 1. The van der Waals surface area contributed by atoms with Crippen LogP contribution >= 0.6 is 11.8 Å². The number of rotatable bonds is 4. The smallest absolute Gasteiger partial charge is 0.288 e. The lowest BCUT2D eigenvalue weighted by atomic mass is 10.1. The van der Waals surface area contributed by atoms with E-state index < -0.39 is 17.5 Å². The average molecular weight is 311 g/mol. The van der Waals surface area contributed by atoms with Crippen LogP contribution in [0.3, 0.4) is 0 Å². The summed E-state index contributed by atoms with van der Waals surface area (Å²) in [5.41, 5.74) is 0.837. The summed E-state index contributed by atoms with van der Waals surface area (Å²) in [5, 5.41) is 2.52. The van der Waals surface area contributed by atoms with Gasteiger partial charge in [-0.1, -0.05) is 30.0 Å². The number of hydrogen-bond donors (Lipinski definition) is 1. The fourth-order valence-corrected chi connectivity index (χ4v) is 2.29. The number of thioether (sulfide) groups is 1. The Morgan fingerprint density at radius 2 is 1.90 bits per heavy atom. The van der Waals surface area contributed by atoms with Crippen molar-refractivity contribution in [2.45, 2.75) is 17.6 Å². The molecule has 0 unspecified atom stereocenters. The third kappa shape index (κ3) is 4.01. The summed E-state index contributed by atoms with van der Waals surface area (Å²) in [7, 11) is 0. The molecule has 0 heterocycles. The monoisotopic (exact) mass is 311 g/mol. The third-order valence-corrected chi connectivity index (χ3v) is 3.57. The standard InChI is InChI=1S/C15H12F3NOS/c1-9-6-7-10(8-11(9)16)14(20)19-12-4-2-3-5-13(12)21-15(17)18/h2-8,15H,1H3,(H,19,20). The van der Waals surface area contributed by atoms with Gasteiger partial charge >= 0.3 is 0 Å². The Labute approximate surface area is 124 Å². The molecule has 0 fully saturated rings. The first-order valence-electron chi connectivity index (χ1n) is 6.08. The highest BCUT2D eigenvalue weighted by Crippen LogP contribution is 2.31. The molecule has 2 aromatic carbocycles. The first-order valence-corrected chi connectivity index (χ1v) is 6.96. The fourth-order valence-electron chi connectivity index (χ4n) is 1.70. The van der Waals surface area contributed by atoms with E-state index in [4.69, 9.17) is 0 Å². The summed E-state index contributed by atoms with van der Waals surface area (Å²) in [4.78, 5) is 12.3. The molecule has 0 atom stereocenters. The highest BCUT2D eigenvalue weighted by atomic mass is 32.2. The molecule has 2 aromatic rings. The number of para-hydroxylation sites is 1. The topological polar surface area (TPSA) is 29.1 Å². The summed E-state index contributed by atoms with van der Waals surface area (Å²) < 4.78 is 38.4. The lowest BCUT2D eigenvalue weighted by Gasteiger charge is -2.10. The van der Waals surface area contributed by atoms with E-state index in [2.05, 4.69) is 5.32 Å². The number of halogens is 3. The van der Waals surface area contributed by atoms with Crippen LogP contribution in [0.15, 0.2) is 47.4 Å². The number of carbonyl (C=O) groups excluding carboxylic acids is 1. The van der Waals surface area contributed by atoms with Crippen molar-refractivity contribution in [3.05, 3.63) is 59.4 Å². The fraction of sp³-hybridized carbons (Fsp3) is 0.133. The predicted octanol–water partition coefficient (Wildman–Crippen LogP) is 4.70. The molecule has 2 rings (SSSR count). The molecule has 0 saturated heterocycles. The SMILES string of the molecule is Cc1ccc(C(=O)Nc2ccccc2SC(F)F)cc1F. The molecule has 0 radical (unpaired) electrons. The van der Waals surface area contributed by atoms with Crippen molar-refractivity contribution in [2.75, 3.05) is 5.32 Å². The van der Waals surface area contributed by atoms with E-state index in [0.717, 1.165) is 6.07 Å². The Kier molecular flexibility index (Phi) is 4.90. The van der Waals surface area contributed by atoms with Crippen LogP contribution in [0.2, 0.25) is 0 Å². The van der Waals surface area contributed by atoms with Crippen LogP contribution in [-0.2, 0) is 0 Å². The first-order chi connectivity index (χ1) is 9.97. The van der Waals surface area contributed by atoms with Crippen LogP contribution in [0.4, 0.5) is 18.9 Å². The zero-order chi connectivity index (χ0) is 15.4. The van der Waals surface area contributed by atoms with Gasteiger partial charge in [0.15, 0.2) is 0 Å². The summed E-state index contributed by atoms with van der Waals surface area (Å²) in [6.45, 7) is 1.59. The minimum atomic E-state index is -2.58. The first kappa shape index (κ1) is 15.4. The Bertz CT molecular complexity index is 661. The Morgan fingerprint density at radius 3 is 2.57 bits per heavy atom. The van der Waals surface area contributed by atoms with Crippen LogP contribution in [0.5, 0.6) is 0 Å². The van der Waals surface area contributed by atoms with E-state index in [1.807, 2.05) is 0 Å². The van der Waals surface area contributed by atoms with Crippen LogP contribution in [-0.4, -0.2) is 11.7 Å². The van der Waals surface area contributed by atoms with Gasteiger partial charge in [0.05, 0.1) is 5.69 Å². The molecule has 6 heteroatoms. The van der Waals surface area contributed by atoms with Crippen LogP contribution in [0.1, 0.15) is 15.9 Å². The maximum absolute atomic E-state index is 13.4. The van der Waals surface area contributed by atoms with Crippen molar-refractivity contribution in [2.24, 2.45) is 0 Å². The van der Waals surface area contributed by atoms with Gasteiger partial charge in [-0.25, -0.2) is 4.39 Å². The molecular formula is C15H12F3NOS. The lowest BCUT2D eigenvalue weighted by Crippen LogP contribution is -2.13. The summed E-state index contributed by atoms with van der Waals surface area (Å²) in [6, 6.07) is 10.3. The summed E-state index contributed by atoms with van der Waals surface area (Å²) in [5.74, 6) is -3.62. The minimum Gasteiger partial charge on any atom is -0.321 e. The number of nitrogens with one attached hydrogen (secondary N) is 1. The number of benzene rings is 2. The second-order valence-corrected chi connectivity index (χ2v) is 5.32. The molecule has 1 amide bonds. The van der Waals surface area contributed by atoms with E-state index in [9.17, 15) is 18.0 Å². The van der Waals surface area contributed by atoms with Gasteiger partial charge in [-0.15, -0.1) is 0 Å². The molecule has 0 saturated carbocycles. The van der Waals surface area contributed by atoms with E-state index in [1.54, 1.807) is 19.1 Å². The van der Waals surface area contributed by atoms with Gasteiger partial charge in [-0.05, 0) is 36.8 Å². The van der Waals surface area contributed by atoms with E-state index in [0.29, 0.717) is 17.3 Å². The van der Waals surface area contributed by atoms with Crippen molar-refractivity contribution in [1.82, 2.24) is 0 Å². The second-order valence-electron chi connectivity index (χ2n) is 4.29. The van der Waals surface area contributed by atoms with Gasteiger partial charge in [0.25, 0.3) is 11.7 Å². The number of anilines is 1. The van der Waals surface area contributed by atoms with Gasteiger partial charge in [0, 0.05) is 10.5 Å². The number of carbonyl (C=O) groups is 1. The molecule has 0 spiro atoms. The maximum atomic E-state index is 13.4. The highest BCUT2D eigenvalue weighted by molar-refractivity contribution is 7.99. The second kappa shape index (κ2) is 6.67. The Balaban J connectivity index is 2.21. The molecule has 0 aliphatic heterocycles. The summed E-state index contributed by atoms with van der Waals surface area (Å²) in [6.07, 6.45) is 0. The van der Waals surface area contributed by atoms with Gasteiger partial charge in [-0.2, -0.15) is 8.78 Å². The van der Waals surface area contributed by atoms with Crippen LogP contribution in [0.25, 0.3) is 0 Å². The number of alkyl halides is 2. The van der Waals surface area contributed by atoms with Gasteiger partial charge in [0.1, 0.15) is 5.82 Å². The van der Waals surface area contributed by atoms with Crippen molar-refractivity contribution < 1.29 is 18.0 Å². The molecule has 0 aliphatic carbocycles. The average Bonchev–Trinajstić information content (AvgIpc) is 2.43. The Morgan fingerprint density at radius 1 is 1.19 bits per heavy atom. The minimum absolute atomic E-state index is 0.134. The number of hydrogen-bond acceptors (Lipinski definition) is 2. The largest absolute Gasteiger partial charge is 0.321 e. The van der Waals surface area contributed by atoms with Crippen molar-refractivity contribution in [3.8, 4) is 0 Å². The molecule has 110 valence electrons. The van der Waals surface area contributed by atoms with Crippen LogP contribution < -0.4 is 5.32 Å². The van der Waals surface area contributed by atoms with E-state index in [1.165, 1.54) is 24.3 Å². The molecule has 0 aromatic heterocycles. The zero-order valence-corrected chi connectivity index (χ0v) is 11.9. The van der Waals surface area contributed by atoms with Gasteiger partial charge < -0.3 is 5.32 Å². The molecular weight excluding hydrogens is 299 g/mol.